The first-order valence-corrected chi connectivity index (χ1v) is 14.7. The zero-order valence-corrected chi connectivity index (χ0v) is 25.6. The Kier molecular flexibility index (Phi) is 10.7. The van der Waals surface area contributed by atoms with Crippen LogP contribution in [0.4, 0.5) is 10.6 Å². The number of aromatic nitrogens is 3. The molecule has 0 radical (unpaired) electrons. The Morgan fingerprint density at radius 3 is 2.83 bits per heavy atom. The number of aliphatic hydroxyl groups is 1. The van der Waals surface area contributed by atoms with Crippen molar-refractivity contribution in [3.8, 4) is 28.4 Å². The molecule has 1 aromatic carbocycles. The zero-order valence-electron chi connectivity index (χ0n) is 24.0. The number of hydrogen-bond acceptors (Lipinski definition) is 11. The van der Waals surface area contributed by atoms with Gasteiger partial charge in [0.1, 0.15) is 24.3 Å². The third kappa shape index (κ3) is 7.44. The zero-order chi connectivity index (χ0) is 29.5. The van der Waals surface area contributed by atoms with Crippen molar-refractivity contribution in [2.24, 2.45) is 0 Å². The average molecular weight is 605 g/mol. The summed E-state index contributed by atoms with van der Waals surface area (Å²) in [7, 11) is 1.77. The Bertz CT molecular complexity index is 1340. The number of nitrogens with one attached hydrogen (secondary N) is 2. The second kappa shape index (κ2) is 14.2. The van der Waals surface area contributed by atoms with Crippen LogP contribution in [0.5, 0.6) is 5.75 Å². The number of morpholine rings is 1. The molecular weight excluding hydrogens is 568 g/mol. The van der Waals surface area contributed by atoms with Gasteiger partial charge in [0.25, 0.3) is 0 Å². The smallest absolute Gasteiger partial charge is 0.410 e. The number of anilines is 1. The average Bonchev–Trinajstić information content (AvgIpc) is 3.29. The van der Waals surface area contributed by atoms with E-state index in [0.29, 0.717) is 67.4 Å². The number of carbonyl (C=O) groups is 1. The molecule has 0 bridgehead atoms. The summed E-state index contributed by atoms with van der Waals surface area (Å²) >= 11 is 8.08. The van der Waals surface area contributed by atoms with E-state index in [0.717, 1.165) is 27.4 Å². The minimum Gasteiger partial charge on any atom is -0.491 e. The maximum Gasteiger partial charge on any atom is 0.410 e. The number of rotatable bonds is 11. The lowest BCUT2D eigenvalue weighted by Crippen LogP contribution is -2.52. The fraction of sp³-hybridized carbons (Fsp3) is 0.500. The second-order valence-corrected chi connectivity index (χ2v) is 11.1. The molecule has 222 valence electrons. The lowest BCUT2D eigenvalue weighted by atomic mass is 10.0. The van der Waals surface area contributed by atoms with E-state index in [1.807, 2.05) is 20.8 Å². The summed E-state index contributed by atoms with van der Waals surface area (Å²) in [6.07, 6.45) is -1.02. The molecule has 11 nitrogen and oxygen atoms in total. The minimum absolute atomic E-state index is 0.119. The van der Waals surface area contributed by atoms with Crippen molar-refractivity contribution >= 4 is 35.0 Å². The summed E-state index contributed by atoms with van der Waals surface area (Å²) in [5, 5.41) is 16.9. The van der Waals surface area contributed by atoms with Crippen molar-refractivity contribution in [3.05, 3.63) is 39.4 Å². The van der Waals surface area contributed by atoms with Crippen LogP contribution >= 0.6 is 23.1 Å². The lowest BCUT2D eigenvalue weighted by molar-refractivity contribution is -0.00379. The van der Waals surface area contributed by atoms with Gasteiger partial charge in [0.15, 0.2) is 5.82 Å². The van der Waals surface area contributed by atoms with Gasteiger partial charge in [-0.2, -0.15) is 4.37 Å². The van der Waals surface area contributed by atoms with Gasteiger partial charge >= 0.3 is 6.09 Å². The van der Waals surface area contributed by atoms with E-state index in [2.05, 4.69) is 15.0 Å². The molecule has 1 saturated heterocycles. The third-order valence-corrected chi connectivity index (χ3v) is 7.88. The number of amides is 1. The fourth-order valence-electron chi connectivity index (χ4n) is 4.61. The monoisotopic (exact) mass is 604 g/mol. The first-order chi connectivity index (χ1) is 19.7. The van der Waals surface area contributed by atoms with E-state index >= 15 is 0 Å². The van der Waals surface area contributed by atoms with Gasteiger partial charge in [0.05, 0.1) is 42.3 Å². The normalized spacial score (nSPS) is 16.0. The number of hydrogen-bond donors (Lipinski definition) is 3. The predicted octanol–water partition coefficient (Wildman–Crippen LogP) is 4.07. The summed E-state index contributed by atoms with van der Waals surface area (Å²) in [4.78, 5) is 25.1. The predicted molar refractivity (Wildman–Crippen MR) is 160 cm³/mol. The number of halogens is 1. The molecule has 3 aromatic rings. The SMILES string of the molecule is CCOC(=O)N1CCOC[C@@H]1CNc1nc(-c2cc(OCC(O)CNC)ccc2Cl)nc(-c2c(C)nsc2C)c1C. The lowest BCUT2D eigenvalue weighted by Gasteiger charge is -2.35. The molecule has 1 unspecified atom stereocenters. The van der Waals surface area contributed by atoms with Crippen LogP contribution in [-0.4, -0.2) is 95.7 Å². The summed E-state index contributed by atoms with van der Waals surface area (Å²) in [6.45, 7) is 10.3. The Balaban J connectivity index is 1.70. The van der Waals surface area contributed by atoms with Crippen molar-refractivity contribution in [3.63, 3.8) is 0 Å². The Morgan fingerprint density at radius 1 is 1.32 bits per heavy atom. The quantitative estimate of drug-likeness (QED) is 0.294. The van der Waals surface area contributed by atoms with Crippen LogP contribution in [-0.2, 0) is 9.47 Å². The highest BCUT2D eigenvalue weighted by atomic mass is 35.5. The van der Waals surface area contributed by atoms with Gasteiger partial charge in [0, 0.05) is 41.2 Å². The first-order valence-electron chi connectivity index (χ1n) is 13.6. The van der Waals surface area contributed by atoms with Crippen LogP contribution in [0.25, 0.3) is 22.6 Å². The molecule has 2 aromatic heterocycles. The third-order valence-electron chi connectivity index (χ3n) is 6.71. The largest absolute Gasteiger partial charge is 0.491 e. The van der Waals surface area contributed by atoms with E-state index in [9.17, 15) is 9.90 Å². The minimum atomic E-state index is -0.660. The topological polar surface area (TPSA) is 131 Å². The number of aryl methyl sites for hydroxylation is 2. The number of aliphatic hydroxyl groups excluding tert-OH is 1. The summed E-state index contributed by atoms with van der Waals surface area (Å²) in [5.41, 5.74) is 4.01. The van der Waals surface area contributed by atoms with Crippen LogP contribution in [0.3, 0.4) is 0 Å². The molecule has 0 saturated carbocycles. The van der Waals surface area contributed by atoms with Gasteiger partial charge in [0.2, 0.25) is 0 Å². The van der Waals surface area contributed by atoms with Crippen LogP contribution in [0, 0.1) is 20.8 Å². The van der Waals surface area contributed by atoms with Crippen LogP contribution < -0.4 is 15.4 Å². The second-order valence-electron chi connectivity index (χ2n) is 9.73. The Morgan fingerprint density at radius 2 is 2.12 bits per heavy atom. The maximum atomic E-state index is 12.6. The van der Waals surface area contributed by atoms with E-state index < -0.39 is 6.10 Å². The summed E-state index contributed by atoms with van der Waals surface area (Å²) in [6, 6.07) is 5.01. The van der Waals surface area contributed by atoms with E-state index in [1.165, 1.54) is 11.5 Å². The molecule has 41 heavy (non-hydrogen) atoms. The van der Waals surface area contributed by atoms with Gasteiger partial charge in [-0.15, -0.1) is 0 Å². The van der Waals surface area contributed by atoms with Gasteiger partial charge in [-0.1, -0.05) is 11.6 Å². The van der Waals surface area contributed by atoms with Gasteiger partial charge in [-0.3, -0.25) is 4.90 Å². The number of nitrogens with zero attached hydrogens (tertiary/aromatic N) is 4. The standard InChI is InChI=1S/C28H37ClN6O5S/c1-6-39-28(37)35-9-10-38-14-19(35)12-31-26-16(2)25(24-17(3)34-41-18(24)4)32-27(33-26)22-11-21(7-8-23(22)29)40-15-20(36)13-30-5/h7-8,11,19-20,30,36H,6,9-10,12-15H2,1-5H3,(H,31,32,33)/t19-,20?/m0/s1. The van der Waals surface area contributed by atoms with Crippen molar-refractivity contribution < 1.29 is 24.1 Å². The Hall–Kier alpha value is -3.03. The summed E-state index contributed by atoms with van der Waals surface area (Å²) in [5.74, 6) is 1.55. The van der Waals surface area contributed by atoms with Crippen LogP contribution in [0.2, 0.25) is 5.02 Å². The van der Waals surface area contributed by atoms with Crippen molar-refractivity contribution in [1.29, 1.82) is 0 Å². The van der Waals surface area contributed by atoms with Crippen LogP contribution in [0.1, 0.15) is 23.1 Å². The highest BCUT2D eigenvalue weighted by Gasteiger charge is 2.29. The molecule has 0 spiro atoms. The number of carbonyl (C=O) groups excluding carboxylic acids is 1. The first kappa shape index (κ1) is 30.9. The van der Waals surface area contributed by atoms with Gasteiger partial charge < -0.3 is 30.0 Å². The van der Waals surface area contributed by atoms with Crippen molar-refractivity contribution in [1.82, 2.24) is 24.6 Å². The molecule has 1 amide bonds. The van der Waals surface area contributed by atoms with Crippen LogP contribution in [0.15, 0.2) is 18.2 Å². The summed E-state index contributed by atoms with van der Waals surface area (Å²) < 4.78 is 21.3. The highest BCUT2D eigenvalue weighted by molar-refractivity contribution is 7.06. The molecule has 13 heteroatoms. The molecule has 2 atom stereocenters. The molecule has 4 rings (SSSR count). The van der Waals surface area contributed by atoms with E-state index in [1.54, 1.807) is 37.1 Å². The van der Waals surface area contributed by atoms with E-state index in [4.69, 9.17) is 35.8 Å². The van der Waals surface area contributed by atoms with Gasteiger partial charge in [-0.25, -0.2) is 14.8 Å². The molecule has 0 aliphatic carbocycles. The van der Waals surface area contributed by atoms with Crippen molar-refractivity contribution in [2.75, 3.05) is 58.4 Å². The number of likely N-dealkylation sites (N-methyl/N-ethyl adjacent to an activating group) is 1. The maximum absolute atomic E-state index is 12.6. The van der Waals surface area contributed by atoms with Gasteiger partial charge in [-0.05, 0) is 64.5 Å². The van der Waals surface area contributed by atoms with Crippen molar-refractivity contribution in [2.45, 2.75) is 39.8 Å². The molecule has 1 aliphatic heterocycles. The van der Waals surface area contributed by atoms with E-state index in [-0.39, 0.29) is 18.7 Å². The molecule has 3 heterocycles. The number of ether oxygens (including phenoxy) is 3. The molecular formula is C28H37ClN6O5S. The molecule has 3 N–H and O–H groups in total. The molecule has 1 fully saturated rings. The number of benzene rings is 1. The Labute approximate surface area is 249 Å². The molecule has 1 aliphatic rings. The fourth-order valence-corrected chi connectivity index (χ4v) is 5.51. The highest BCUT2D eigenvalue weighted by Crippen LogP contribution is 2.37.